The number of fused-ring (bicyclic) bond motifs is 1. The summed E-state index contributed by atoms with van der Waals surface area (Å²) in [5, 5.41) is 0.620. The molecular weight excluding hydrogens is 311 g/mol. The fourth-order valence-electron chi connectivity index (χ4n) is 1.89. The second-order valence-electron chi connectivity index (χ2n) is 4.45. The van der Waals surface area contributed by atoms with E-state index in [9.17, 15) is 17.6 Å². The summed E-state index contributed by atoms with van der Waals surface area (Å²) < 4.78 is 47.2. The molecule has 0 atom stereocenters. The summed E-state index contributed by atoms with van der Waals surface area (Å²) in [6.45, 7) is 0. The molecule has 0 saturated heterocycles. The first-order valence-corrected chi connectivity index (χ1v) is 7.59. The average molecular weight is 320 g/mol. The molecule has 1 heterocycles. The lowest BCUT2D eigenvalue weighted by Crippen LogP contribution is -2.10. The monoisotopic (exact) mass is 320 g/mol. The first-order chi connectivity index (χ1) is 10.4. The summed E-state index contributed by atoms with van der Waals surface area (Å²) in [6.07, 6.45) is 0. The van der Waals surface area contributed by atoms with E-state index < -0.39 is 21.6 Å². The van der Waals surface area contributed by atoms with Crippen LogP contribution in [0.25, 0.3) is 11.0 Å². The third-order valence-electron chi connectivity index (χ3n) is 2.89. The van der Waals surface area contributed by atoms with Crippen molar-refractivity contribution in [2.75, 3.05) is 0 Å². The summed E-state index contributed by atoms with van der Waals surface area (Å²) in [5.41, 5.74) is -0.364. The molecule has 0 N–H and O–H groups in total. The van der Waals surface area contributed by atoms with Crippen molar-refractivity contribution in [2.45, 2.75) is 4.90 Å². The molecule has 0 spiro atoms. The number of benzene rings is 2. The lowest BCUT2D eigenvalue weighted by atomic mass is 10.2. The summed E-state index contributed by atoms with van der Waals surface area (Å²) in [7, 11) is -4.17. The van der Waals surface area contributed by atoms with Gasteiger partial charge >= 0.3 is 15.7 Å². The molecule has 0 aliphatic carbocycles. The largest absolute Gasteiger partial charge is 0.423 e. The Kier molecular flexibility index (Phi) is 3.42. The van der Waals surface area contributed by atoms with E-state index in [4.69, 9.17) is 8.60 Å². The highest BCUT2D eigenvalue weighted by Gasteiger charge is 2.17. The number of halogens is 1. The van der Waals surface area contributed by atoms with Crippen molar-refractivity contribution in [3.8, 4) is 5.75 Å². The van der Waals surface area contributed by atoms with Crippen LogP contribution in [0.1, 0.15) is 0 Å². The number of hydrogen-bond acceptors (Lipinski definition) is 5. The molecule has 0 aliphatic heterocycles. The molecule has 0 unspecified atom stereocenters. The minimum Gasteiger partial charge on any atom is -0.423 e. The van der Waals surface area contributed by atoms with Gasteiger partial charge in [0, 0.05) is 17.5 Å². The maximum atomic E-state index is 13.1. The van der Waals surface area contributed by atoms with Gasteiger partial charge in [0.05, 0.1) is 0 Å². The third kappa shape index (κ3) is 2.84. The zero-order valence-electron chi connectivity index (χ0n) is 11.0. The Balaban J connectivity index is 2.00. The number of rotatable bonds is 3. The van der Waals surface area contributed by atoms with E-state index in [2.05, 4.69) is 0 Å². The summed E-state index contributed by atoms with van der Waals surface area (Å²) in [6, 6.07) is 11.5. The van der Waals surface area contributed by atoms with Gasteiger partial charge in [-0.05, 0) is 36.4 Å². The van der Waals surface area contributed by atoms with Crippen LogP contribution in [0.3, 0.4) is 0 Å². The Morgan fingerprint density at radius 3 is 2.55 bits per heavy atom. The van der Waals surface area contributed by atoms with E-state index >= 15 is 0 Å². The Morgan fingerprint density at radius 1 is 1.00 bits per heavy atom. The molecule has 22 heavy (non-hydrogen) atoms. The maximum Gasteiger partial charge on any atom is 0.339 e. The van der Waals surface area contributed by atoms with E-state index in [0.29, 0.717) is 5.39 Å². The quantitative estimate of drug-likeness (QED) is 0.548. The topological polar surface area (TPSA) is 73.6 Å². The van der Waals surface area contributed by atoms with Crippen molar-refractivity contribution in [1.82, 2.24) is 0 Å². The summed E-state index contributed by atoms with van der Waals surface area (Å²) >= 11 is 0. The van der Waals surface area contributed by atoms with E-state index in [1.54, 1.807) is 12.1 Å². The molecule has 112 valence electrons. The van der Waals surface area contributed by atoms with Crippen LogP contribution in [0.5, 0.6) is 5.75 Å². The minimum absolute atomic E-state index is 0.0360. The first kappa shape index (κ1) is 14.3. The van der Waals surface area contributed by atoms with Gasteiger partial charge in [-0.25, -0.2) is 9.18 Å². The van der Waals surface area contributed by atoms with Crippen LogP contribution >= 0.6 is 0 Å². The normalized spacial score (nSPS) is 11.5. The minimum atomic E-state index is -4.17. The van der Waals surface area contributed by atoms with Gasteiger partial charge in [-0.1, -0.05) is 6.07 Å². The van der Waals surface area contributed by atoms with E-state index in [-0.39, 0.29) is 16.2 Å². The van der Waals surface area contributed by atoms with Gasteiger partial charge in [0.15, 0.2) is 0 Å². The first-order valence-electron chi connectivity index (χ1n) is 6.18. The lowest BCUT2D eigenvalue weighted by Gasteiger charge is -2.07. The Labute approximate surface area is 124 Å². The van der Waals surface area contributed by atoms with Crippen molar-refractivity contribution in [3.63, 3.8) is 0 Å². The van der Waals surface area contributed by atoms with Crippen molar-refractivity contribution in [1.29, 1.82) is 0 Å². The Morgan fingerprint density at radius 2 is 1.77 bits per heavy atom. The molecule has 7 heteroatoms. The van der Waals surface area contributed by atoms with E-state index in [1.807, 2.05) is 0 Å². The molecule has 0 aliphatic rings. The lowest BCUT2D eigenvalue weighted by molar-refractivity contribution is 0.484. The second-order valence-corrected chi connectivity index (χ2v) is 6.00. The zero-order chi connectivity index (χ0) is 15.7. The fourth-order valence-corrected chi connectivity index (χ4v) is 2.85. The van der Waals surface area contributed by atoms with E-state index in [1.165, 1.54) is 30.3 Å². The van der Waals surface area contributed by atoms with Crippen LogP contribution in [0.15, 0.2) is 68.7 Å². The smallest absolute Gasteiger partial charge is 0.339 e. The molecular formula is C15H9FO5S. The molecule has 3 aromatic rings. The van der Waals surface area contributed by atoms with Crippen molar-refractivity contribution >= 4 is 21.1 Å². The molecule has 0 radical (unpaired) electrons. The van der Waals surface area contributed by atoms with Gasteiger partial charge in [0.2, 0.25) is 0 Å². The Hall–Kier alpha value is -2.67. The fraction of sp³-hybridized carbons (Fsp3) is 0. The van der Waals surface area contributed by atoms with Gasteiger partial charge < -0.3 is 8.60 Å². The van der Waals surface area contributed by atoms with Gasteiger partial charge in [-0.2, -0.15) is 8.42 Å². The summed E-state index contributed by atoms with van der Waals surface area (Å²) in [4.78, 5) is 10.9. The van der Waals surface area contributed by atoms with Crippen molar-refractivity contribution in [3.05, 3.63) is 70.8 Å². The van der Waals surface area contributed by atoms with Gasteiger partial charge in [-0.15, -0.1) is 0 Å². The Bertz CT molecular complexity index is 1010. The zero-order valence-corrected chi connectivity index (χ0v) is 11.8. The van der Waals surface area contributed by atoms with Gasteiger partial charge in [0.1, 0.15) is 22.0 Å². The third-order valence-corrected chi connectivity index (χ3v) is 4.13. The second kappa shape index (κ2) is 5.27. The SMILES string of the molecule is O=c1ccc2ccc(OS(=O)(=O)c3cccc(F)c3)cc2o1. The van der Waals surface area contributed by atoms with Crippen LogP contribution in [0, 0.1) is 5.82 Å². The predicted octanol–water partition coefficient (Wildman–Crippen LogP) is 2.70. The summed E-state index contributed by atoms with van der Waals surface area (Å²) in [5.74, 6) is -0.722. The van der Waals surface area contributed by atoms with Crippen LogP contribution in [-0.4, -0.2) is 8.42 Å². The molecule has 0 saturated carbocycles. The van der Waals surface area contributed by atoms with Crippen LogP contribution in [0.4, 0.5) is 4.39 Å². The van der Waals surface area contributed by atoms with Gasteiger partial charge in [0.25, 0.3) is 0 Å². The van der Waals surface area contributed by atoms with Crippen molar-refractivity contribution < 1.29 is 21.4 Å². The molecule has 1 aromatic heterocycles. The molecule has 5 nitrogen and oxygen atoms in total. The molecule has 0 fully saturated rings. The molecule has 0 amide bonds. The standard InChI is InChI=1S/C15H9FO5S/c16-11-2-1-3-13(8-11)22(18,19)21-12-6-4-10-5-7-15(17)20-14(10)9-12/h1-9H. The molecule has 3 rings (SSSR count). The van der Waals surface area contributed by atoms with Crippen LogP contribution in [0.2, 0.25) is 0 Å². The highest BCUT2D eigenvalue weighted by Crippen LogP contribution is 2.23. The van der Waals surface area contributed by atoms with E-state index in [0.717, 1.165) is 12.1 Å². The van der Waals surface area contributed by atoms with Gasteiger partial charge in [-0.3, -0.25) is 0 Å². The molecule has 2 aromatic carbocycles. The predicted molar refractivity (Wildman–Crippen MR) is 76.7 cm³/mol. The van der Waals surface area contributed by atoms with Crippen LogP contribution in [-0.2, 0) is 10.1 Å². The van der Waals surface area contributed by atoms with Crippen molar-refractivity contribution in [2.24, 2.45) is 0 Å². The average Bonchev–Trinajstić information content (AvgIpc) is 2.46. The maximum absolute atomic E-state index is 13.1. The number of hydrogen-bond donors (Lipinski definition) is 0. The molecule has 0 bridgehead atoms. The highest BCUT2D eigenvalue weighted by atomic mass is 32.2. The van der Waals surface area contributed by atoms with Crippen LogP contribution < -0.4 is 9.81 Å². The highest BCUT2D eigenvalue weighted by molar-refractivity contribution is 7.87.